The van der Waals surface area contributed by atoms with Gasteiger partial charge in [0, 0.05) is 23.8 Å². The van der Waals surface area contributed by atoms with Crippen molar-refractivity contribution in [3.8, 4) is 0 Å². The van der Waals surface area contributed by atoms with Crippen LogP contribution in [0.3, 0.4) is 0 Å². The van der Waals surface area contributed by atoms with Gasteiger partial charge in [0.25, 0.3) is 0 Å². The fourth-order valence-corrected chi connectivity index (χ4v) is 5.15. The lowest BCUT2D eigenvalue weighted by Crippen LogP contribution is -2.23. The molecule has 1 aliphatic rings. The van der Waals surface area contributed by atoms with Crippen LogP contribution in [0.1, 0.15) is 25.7 Å². The molecule has 1 aliphatic heterocycles. The molecule has 3 aromatic rings. The Hall–Kier alpha value is -1.90. The summed E-state index contributed by atoms with van der Waals surface area (Å²) in [5, 5.41) is 5.31. The van der Waals surface area contributed by atoms with Crippen molar-refractivity contribution in [2.45, 2.75) is 30.7 Å². The molecule has 0 unspecified atom stereocenters. The molecule has 1 saturated heterocycles. The summed E-state index contributed by atoms with van der Waals surface area (Å²) >= 11 is 8.90. The molecule has 2 aromatic heterocycles. The molecule has 9 heteroatoms. The molecular weight excluding hydrogens is 414 g/mol. The number of anilines is 2. The number of fused-ring (bicyclic) bond motifs is 1. The van der Waals surface area contributed by atoms with E-state index in [1.165, 1.54) is 43.8 Å². The molecule has 1 fully saturated rings. The van der Waals surface area contributed by atoms with Gasteiger partial charge in [-0.2, -0.15) is 4.98 Å². The van der Waals surface area contributed by atoms with Gasteiger partial charge in [-0.15, -0.1) is 0 Å². The Balaban J connectivity index is 1.44. The summed E-state index contributed by atoms with van der Waals surface area (Å²) in [4.78, 5) is 28.0. The van der Waals surface area contributed by atoms with Gasteiger partial charge in [-0.1, -0.05) is 47.5 Å². The first kappa shape index (κ1) is 19.4. The molecule has 0 radical (unpaired) electrons. The van der Waals surface area contributed by atoms with Crippen molar-refractivity contribution in [2.24, 2.45) is 0 Å². The number of aromatic nitrogens is 3. The fourth-order valence-electron chi connectivity index (χ4n) is 3.09. The van der Waals surface area contributed by atoms with Crippen molar-refractivity contribution in [2.75, 3.05) is 29.1 Å². The maximum atomic E-state index is 12.3. The van der Waals surface area contributed by atoms with E-state index >= 15 is 0 Å². The number of nitrogens with zero attached hydrogens (tertiary/aromatic N) is 4. The molecule has 0 spiro atoms. The van der Waals surface area contributed by atoms with Gasteiger partial charge in [0.05, 0.1) is 5.75 Å². The van der Waals surface area contributed by atoms with E-state index in [0.717, 1.165) is 33.6 Å². The van der Waals surface area contributed by atoms with Gasteiger partial charge < -0.3 is 10.2 Å². The van der Waals surface area contributed by atoms with E-state index in [1.54, 1.807) is 35.6 Å². The summed E-state index contributed by atoms with van der Waals surface area (Å²) in [6, 6.07) is 7.06. The zero-order valence-electron chi connectivity index (χ0n) is 15.2. The number of nitrogens with one attached hydrogen (secondary N) is 1. The summed E-state index contributed by atoms with van der Waals surface area (Å²) < 4.78 is 0.950. The maximum Gasteiger partial charge on any atom is 0.234 e. The third-order valence-corrected chi connectivity index (χ3v) is 6.97. The van der Waals surface area contributed by atoms with Crippen LogP contribution in [0.4, 0.5) is 10.8 Å². The molecule has 1 N–H and O–H groups in total. The molecule has 0 bridgehead atoms. The first-order valence-electron chi connectivity index (χ1n) is 9.24. The molecule has 1 amide bonds. The largest absolute Gasteiger partial charge is 0.348 e. The summed E-state index contributed by atoms with van der Waals surface area (Å²) in [5.74, 6) is 0.183. The van der Waals surface area contributed by atoms with Gasteiger partial charge in [-0.05, 0) is 37.1 Å². The lowest BCUT2D eigenvalue weighted by atomic mass is 10.2. The topological polar surface area (TPSA) is 71.0 Å². The molecule has 28 heavy (non-hydrogen) atoms. The highest BCUT2D eigenvalue weighted by Crippen LogP contribution is 2.34. The first-order chi connectivity index (χ1) is 13.7. The molecule has 0 saturated carbocycles. The predicted molar refractivity (Wildman–Crippen MR) is 117 cm³/mol. The highest BCUT2D eigenvalue weighted by Gasteiger charge is 2.17. The Kier molecular flexibility index (Phi) is 6.29. The number of carbonyl (C=O) groups excluding carboxylic acids is 1. The number of thiazole rings is 1. The van der Waals surface area contributed by atoms with Gasteiger partial charge >= 0.3 is 0 Å². The summed E-state index contributed by atoms with van der Waals surface area (Å²) in [6.07, 6.45) is 6.49. The third kappa shape index (κ3) is 4.74. The second kappa shape index (κ2) is 9.07. The van der Waals surface area contributed by atoms with Gasteiger partial charge in [0.1, 0.15) is 16.1 Å². The van der Waals surface area contributed by atoms with E-state index in [-0.39, 0.29) is 11.7 Å². The van der Waals surface area contributed by atoms with Crippen molar-refractivity contribution in [1.29, 1.82) is 0 Å². The number of halogens is 1. The molecule has 0 atom stereocenters. The van der Waals surface area contributed by atoms with Crippen molar-refractivity contribution in [1.82, 2.24) is 15.0 Å². The number of amides is 1. The predicted octanol–water partition coefficient (Wildman–Crippen LogP) is 4.85. The molecule has 1 aromatic carbocycles. The molecular formula is C19H20ClN5OS2. The quantitative estimate of drug-likeness (QED) is 0.458. The first-order valence-corrected chi connectivity index (χ1v) is 11.4. The van der Waals surface area contributed by atoms with Gasteiger partial charge in [0.15, 0.2) is 10.8 Å². The molecule has 146 valence electrons. The van der Waals surface area contributed by atoms with Crippen LogP contribution >= 0.6 is 34.7 Å². The summed E-state index contributed by atoms with van der Waals surface area (Å²) in [6.45, 7) is 2.08. The Morgan fingerprint density at radius 1 is 1.14 bits per heavy atom. The number of benzene rings is 1. The monoisotopic (exact) mass is 433 g/mol. The van der Waals surface area contributed by atoms with E-state index in [4.69, 9.17) is 16.6 Å². The second-order valence-corrected chi connectivity index (χ2v) is 8.95. The van der Waals surface area contributed by atoms with Gasteiger partial charge in [-0.3, -0.25) is 4.79 Å². The average molecular weight is 434 g/mol. The lowest BCUT2D eigenvalue weighted by Gasteiger charge is -2.18. The number of carbonyl (C=O) groups is 1. The van der Waals surface area contributed by atoms with E-state index in [1.807, 2.05) is 0 Å². The minimum absolute atomic E-state index is 0.0867. The van der Waals surface area contributed by atoms with Crippen LogP contribution in [-0.4, -0.2) is 39.7 Å². The number of hydrogen-bond acceptors (Lipinski definition) is 7. The SMILES string of the molecule is O=C(CSc1ncnc2nc(N3CCCCCC3)sc12)Nc1ccc(Cl)cc1. The number of thioether (sulfide) groups is 1. The number of rotatable bonds is 5. The molecule has 6 nitrogen and oxygen atoms in total. The van der Waals surface area contributed by atoms with Crippen LogP contribution in [0.2, 0.25) is 5.02 Å². The van der Waals surface area contributed by atoms with Crippen LogP contribution in [0.15, 0.2) is 35.6 Å². The van der Waals surface area contributed by atoms with Crippen molar-refractivity contribution >= 4 is 61.8 Å². The normalized spacial score (nSPS) is 14.8. The second-order valence-electron chi connectivity index (χ2n) is 6.57. The van der Waals surface area contributed by atoms with Crippen LogP contribution in [0, 0.1) is 0 Å². The average Bonchev–Trinajstić information content (AvgIpc) is 2.95. The minimum Gasteiger partial charge on any atom is -0.348 e. The Morgan fingerprint density at radius 3 is 2.64 bits per heavy atom. The zero-order chi connectivity index (χ0) is 19.3. The minimum atomic E-state index is -0.0867. The van der Waals surface area contributed by atoms with Crippen LogP contribution in [0.5, 0.6) is 0 Å². The Bertz CT molecular complexity index is 955. The van der Waals surface area contributed by atoms with Gasteiger partial charge in [0.2, 0.25) is 5.91 Å². The zero-order valence-corrected chi connectivity index (χ0v) is 17.6. The van der Waals surface area contributed by atoms with Crippen LogP contribution in [-0.2, 0) is 4.79 Å². The van der Waals surface area contributed by atoms with Crippen molar-refractivity contribution in [3.05, 3.63) is 35.6 Å². The van der Waals surface area contributed by atoms with E-state index in [0.29, 0.717) is 10.7 Å². The third-order valence-electron chi connectivity index (χ3n) is 4.49. The summed E-state index contributed by atoms with van der Waals surface area (Å²) in [5.41, 5.74) is 1.43. The van der Waals surface area contributed by atoms with Crippen molar-refractivity contribution < 1.29 is 4.79 Å². The smallest absolute Gasteiger partial charge is 0.234 e. The fraction of sp³-hybridized carbons (Fsp3) is 0.368. The van der Waals surface area contributed by atoms with E-state index < -0.39 is 0 Å². The maximum absolute atomic E-state index is 12.3. The molecule has 3 heterocycles. The molecule has 0 aliphatic carbocycles. The van der Waals surface area contributed by atoms with Crippen LogP contribution in [0.25, 0.3) is 10.3 Å². The highest BCUT2D eigenvalue weighted by atomic mass is 35.5. The lowest BCUT2D eigenvalue weighted by molar-refractivity contribution is -0.113. The highest BCUT2D eigenvalue weighted by molar-refractivity contribution is 8.00. The van der Waals surface area contributed by atoms with Crippen molar-refractivity contribution in [3.63, 3.8) is 0 Å². The molecule has 4 rings (SSSR count). The standard InChI is InChI=1S/C19H20ClN5OS2/c20-13-5-7-14(8-6-13)23-15(26)11-27-18-16-17(21-12-22-18)24-19(28-16)25-9-3-1-2-4-10-25/h5-8,12H,1-4,9-11H2,(H,23,26). The van der Waals surface area contributed by atoms with Crippen LogP contribution < -0.4 is 10.2 Å². The van der Waals surface area contributed by atoms with E-state index in [9.17, 15) is 4.79 Å². The summed E-state index contributed by atoms with van der Waals surface area (Å²) in [7, 11) is 0. The van der Waals surface area contributed by atoms with Gasteiger partial charge in [-0.25, -0.2) is 9.97 Å². The van der Waals surface area contributed by atoms with E-state index in [2.05, 4.69) is 20.2 Å². The Labute approximate surface area is 176 Å². The number of hydrogen-bond donors (Lipinski definition) is 1. The Morgan fingerprint density at radius 2 is 1.89 bits per heavy atom.